The fraction of sp³-hybridized carbons (Fsp3) is 0.217. The van der Waals surface area contributed by atoms with Crippen LogP contribution in [0.1, 0.15) is 23.2 Å². The molecule has 4 aromatic heterocycles. The summed E-state index contributed by atoms with van der Waals surface area (Å²) in [4.78, 5) is 16.8. The maximum Gasteiger partial charge on any atom is 0.228 e. The summed E-state index contributed by atoms with van der Waals surface area (Å²) in [5.74, 6) is 0.500. The number of hydrogen-bond acceptors (Lipinski definition) is 6. The Morgan fingerprint density at radius 3 is 2.97 bits per heavy atom. The highest BCUT2D eigenvalue weighted by Gasteiger charge is 2.24. The van der Waals surface area contributed by atoms with Crippen LogP contribution in [-0.2, 0) is 19.4 Å². The van der Waals surface area contributed by atoms with Crippen molar-refractivity contribution >= 4 is 22.5 Å². The molecule has 0 amide bonds. The number of nitrogens with one attached hydrogen (secondary N) is 2. The van der Waals surface area contributed by atoms with Gasteiger partial charge in [0.25, 0.3) is 0 Å². The van der Waals surface area contributed by atoms with Gasteiger partial charge in [-0.1, -0.05) is 18.2 Å². The van der Waals surface area contributed by atoms with Gasteiger partial charge in [-0.05, 0) is 37.0 Å². The van der Waals surface area contributed by atoms with Gasteiger partial charge in [0.2, 0.25) is 5.95 Å². The first-order valence-corrected chi connectivity index (χ1v) is 10.6. The van der Waals surface area contributed by atoms with Crippen molar-refractivity contribution in [2.75, 3.05) is 5.32 Å². The van der Waals surface area contributed by atoms with Crippen LogP contribution < -0.4 is 11.1 Å². The maximum absolute atomic E-state index is 13.8. The van der Waals surface area contributed by atoms with E-state index in [-0.39, 0.29) is 6.04 Å². The number of aromatic nitrogens is 6. The summed E-state index contributed by atoms with van der Waals surface area (Å²) in [5.41, 5.74) is 11.6. The fourth-order valence-corrected chi connectivity index (χ4v) is 4.50. The standard InChI is InChI=1S/C23H21FN8/c24-15-7-13(10-26-12-15)21-30-22-14(9-25)11-27-32(22)23(31-21)28-16-5-6-20-18(8-16)17-3-1-2-4-19(17)29-20/h1-4,7,10-12,16,29H,5-6,8-9,25H2,(H,28,30,31). The predicted molar refractivity (Wildman–Crippen MR) is 120 cm³/mol. The molecule has 8 nitrogen and oxygen atoms in total. The molecule has 9 heteroatoms. The van der Waals surface area contributed by atoms with Crippen LogP contribution in [0.25, 0.3) is 27.9 Å². The van der Waals surface area contributed by atoms with Crippen LogP contribution in [0.2, 0.25) is 0 Å². The van der Waals surface area contributed by atoms with Crippen molar-refractivity contribution in [3.8, 4) is 11.4 Å². The van der Waals surface area contributed by atoms with Gasteiger partial charge >= 0.3 is 0 Å². The van der Waals surface area contributed by atoms with Gasteiger partial charge in [0, 0.05) is 46.5 Å². The van der Waals surface area contributed by atoms with E-state index in [9.17, 15) is 4.39 Å². The number of pyridine rings is 1. The Kier molecular flexibility index (Phi) is 4.36. The van der Waals surface area contributed by atoms with E-state index in [4.69, 9.17) is 5.73 Å². The average molecular weight is 428 g/mol. The Balaban J connectivity index is 1.40. The molecule has 0 aliphatic heterocycles. The molecule has 0 bridgehead atoms. The topological polar surface area (TPSA) is 110 Å². The summed E-state index contributed by atoms with van der Waals surface area (Å²) in [5, 5.41) is 9.27. The smallest absolute Gasteiger partial charge is 0.228 e. The van der Waals surface area contributed by atoms with E-state index >= 15 is 0 Å². The number of H-pyrrole nitrogens is 1. The van der Waals surface area contributed by atoms with Crippen molar-refractivity contribution in [2.45, 2.75) is 31.8 Å². The summed E-state index contributed by atoms with van der Waals surface area (Å²) in [6.45, 7) is 0.295. The molecule has 0 saturated heterocycles. The van der Waals surface area contributed by atoms with Gasteiger partial charge in [-0.2, -0.15) is 14.6 Å². The number of fused-ring (bicyclic) bond motifs is 4. The number of hydrogen-bond donors (Lipinski definition) is 3. The van der Waals surface area contributed by atoms with Crippen LogP contribution in [0, 0.1) is 5.82 Å². The molecule has 1 atom stereocenters. The molecule has 1 aromatic carbocycles. The molecule has 1 aliphatic carbocycles. The largest absolute Gasteiger partial charge is 0.358 e. The zero-order valence-corrected chi connectivity index (χ0v) is 17.2. The normalized spacial score (nSPS) is 15.9. The zero-order valence-electron chi connectivity index (χ0n) is 17.2. The predicted octanol–water partition coefficient (Wildman–Crippen LogP) is 3.23. The molecular weight excluding hydrogens is 407 g/mol. The molecule has 32 heavy (non-hydrogen) atoms. The Labute approximate surface area is 182 Å². The number of benzene rings is 1. The molecule has 0 saturated carbocycles. The SMILES string of the molecule is NCc1cnn2c(NC3CCc4[nH]c5ccccc5c4C3)nc(-c3cncc(F)c3)nc12. The van der Waals surface area contributed by atoms with Crippen molar-refractivity contribution in [1.29, 1.82) is 0 Å². The zero-order chi connectivity index (χ0) is 21.7. The van der Waals surface area contributed by atoms with E-state index in [1.54, 1.807) is 16.9 Å². The Hall–Kier alpha value is -3.85. The Bertz CT molecular complexity index is 1450. The third-order valence-electron chi connectivity index (χ3n) is 6.05. The molecule has 1 unspecified atom stereocenters. The number of halogens is 1. The maximum atomic E-state index is 13.8. The van der Waals surface area contributed by atoms with Crippen molar-refractivity contribution in [1.82, 2.24) is 29.5 Å². The minimum Gasteiger partial charge on any atom is -0.358 e. The minimum atomic E-state index is -0.438. The first-order chi connectivity index (χ1) is 15.7. The highest BCUT2D eigenvalue weighted by Crippen LogP contribution is 2.30. The van der Waals surface area contributed by atoms with E-state index in [0.29, 0.717) is 29.5 Å². The van der Waals surface area contributed by atoms with E-state index in [0.717, 1.165) is 31.0 Å². The first kappa shape index (κ1) is 18.9. The van der Waals surface area contributed by atoms with Crippen LogP contribution in [0.15, 0.2) is 48.9 Å². The number of nitrogens with zero attached hydrogens (tertiary/aromatic N) is 5. The third-order valence-corrected chi connectivity index (χ3v) is 6.05. The number of para-hydroxylation sites is 1. The van der Waals surface area contributed by atoms with Gasteiger partial charge in [-0.3, -0.25) is 4.98 Å². The highest BCUT2D eigenvalue weighted by molar-refractivity contribution is 5.85. The summed E-state index contributed by atoms with van der Waals surface area (Å²) in [6, 6.07) is 9.93. The summed E-state index contributed by atoms with van der Waals surface area (Å²) in [6.07, 6.45) is 7.17. The summed E-state index contributed by atoms with van der Waals surface area (Å²) >= 11 is 0. The molecule has 5 aromatic rings. The van der Waals surface area contributed by atoms with Gasteiger partial charge in [-0.25, -0.2) is 9.37 Å². The molecule has 0 fully saturated rings. The van der Waals surface area contributed by atoms with Crippen LogP contribution in [0.4, 0.5) is 10.3 Å². The lowest BCUT2D eigenvalue weighted by molar-refractivity contribution is 0.599. The van der Waals surface area contributed by atoms with Crippen LogP contribution >= 0.6 is 0 Å². The Morgan fingerprint density at radius 1 is 1.19 bits per heavy atom. The van der Waals surface area contributed by atoms with Gasteiger partial charge in [0.05, 0.1) is 12.4 Å². The van der Waals surface area contributed by atoms with Crippen LogP contribution in [-0.4, -0.2) is 35.6 Å². The molecule has 1 aliphatic rings. The molecule has 4 N–H and O–H groups in total. The second-order valence-electron chi connectivity index (χ2n) is 8.08. The fourth-order valence-electron chi connectivity index (χ4n) is 4.50. The minimum absolute atomic E-state index is 0.170. The first-order valence-electron chi connectivity index (χ1n) is 10.6. The molecule has 160 valence electrons. The van der Waals surface area contributed by atoms with Crippen molar-refractivity contribution in [3.63, 3.8) is 0 Å². The van der Waals surface area contributed by atoms with Crippen LogP contribution in [0.5, 0.6) is 0 Å². The molecular formula is C23H21FN8. The average Bonchev–Trinajstić information content (AvgIpc) is 3.40. The highest BCUT2D eigenvalue weighted by atomic mass is 19.1. The molecule has 6 rings (SSSR count). The lowest BCUT2D eigenvalue weighted by Gasteiger charge is -2.24. The molecule has 0 spiro atoms. The Morgan fingerprint density at radius 2 is 2.09 bits per heavy atom. The van der Waals surface area contributed by atoms with Gasteiger partial charge in [0.15, 0.2) is 11.5 Å². The van der Waals surface area contributed by atoms with Gasteiger partial charge in [0.1, 0.15) is 5.82 Å². The lowest BCUT2D eigenvalue weighted by Crippen LogP contribution is -2.29. The quantitative estimate of drug-likeness (QED) is 0.405. The van der Waals surface area contributed by atoms with Gasteiger partial charge in [-0.15, -0.1) is 0 Å². The second kappa shape index (κ2) is 7.38. The van der Waals surface area contributed by atoms with Crippen molar-refractivity contribution in [3.05, 3.63) is 71.6 Å². The van der Waals surface area contributed by atoms with Gasteiger partial charge < -0.3 is 16.0 Å². The molecule has 0 radical (unpaired) electrons. The number of rotatable bonds is 4. The van der Waals surface area contributed by atoms with E-state index in [2.05, 4.69) is 48.6 Å². The number of aromatic amines is 1. The number of nitrogens with two attached hydrogens (primary N) is 1. The van der Waals surface area contributed by atoms with E-state index in [1.807, 2.05) is 6.07 Å². The molecule has 4 heterocycles. The lowest BCUT2D eigenvalue weighted by atomic mass is 9.91. The third kappa shape index (κ3) is 3.09. The van der Waals surface area contributed by atoms with E-state index in [1.165, 1.54) is 28.2 Å². The van der Waals surface area contributed by atoms with E-state index < -0.39 is 5.82 Å². The monoisotopic (exact) mass is 428 g/mol. The van der Waals surface area contributed by atoms with Crippen molar-refractivity contribution in [2.24, 2.45) is 5.73 Å². The number of aryl methyl sites for hydroxylation is 1. The number of anilines is 1. The van der Waals surface area contributed by atoms with Crippen LogP contribution in [0.3, 0.4) is 0 Å². The second-order valence-corrected chi connectivity index (χ2v) is 8.08. The summed E-state index contributed by atoms with van der Waals surface area (Å²) in [7, 11) is 0. The van der Waals surface area contributed by atoms with Crippen molar-refractivity contribution < 1.29 is 4.39 Å². The summed E-state index contributed by atoms with van der Waals surface area (Å²) < 4.78 is 15.5.